The zero-order valence-corrected chi connectivity index (χ0v) is 12.6. The summed E-state index contributed by atoms with van der Waals surface area (Å²) in [5, 5.41) is 0. The number of nitrogens with one attached hydrogen (secondary N) is 2. The van der Waals surface area contributed by atoms with Gasteiger partial charge >= 0.3 is 0 Å². The van der Waals surface area contributed by atoms with Crippen LogP contribution in [0.1, 0.15) is 0 Å². The summed E-state index contributed by atoms with van der Waals surface area (Å²) < 4.78 is 28.4. The van der Waals surface area contributed by atoms with Crippen LogP contribution < -0.4 is 10.3 Å². The first-order chi connectivity index (χ1) is 10.4. The number of fused-ring (bicyclic) bond motifs is 1. The molecule has 0 fully saturated rings. The van der Waals surface area contributed by atoms with Crippen LogP contribution in [0, 0.1) is 0 Å². The molecule has 1 aromatic carbocycles. The van der Waals surface area contributed by atoms with Gasteiger partial charge in [0.05, 0.1) is 23.9 Å². The highest BCUT2D eigenvalue weighted by atomic mass is 32.2. The van der Waals surface area contributed by atoms with Crippen molar-refractivity contribution in [3.63, 3.8) is 0 Å². The fourth-order valence-corrected chi connectivity index (χ4v) is 2.70. The predicted molar refractivity (Wildman–Crippen MR) is 79.6 cm³/mol. The third-order valence-corrected chi connectivity index (χ3v) is 4.26. The maximum absolute atomic E-state index is 11.7. The van der Waals surface area contributed by atoms with E-state index in [4.69, 9.17) is 4.74 Å². The van der Waals surface area contributed by atoms with Crippen molar-refractivity contribution in [3.8, 4) is 17.1 Å². The zero-order chi connectivity index (χ0) is 15.9. The summed E-state index contributed by atoms with van der Waals surface area (Å²) >= 11 is 0. The number of methoxy groups -OCH3 is 1. The number of aromatic nitrogens is 4. The Morgan fingerprint density at radius 2 is 2.05 bits per heavy atom. The van der Waals surface area contributed by atoms with E-state index in [1.165, 1.54) is 25.6 Å². The molecule has 2 aromatic heterocycles. The predicted octanol–water partition coefficient (Wildman–Crippen LogP) is 0.725. The van der Waals surface area contributed by atoms with Gasteiger partial charge < -0.3 is 14.7 Å². The molecule has 2 heterocycles. The third kappa shape index (κ3) is 2.35. The molecule has 0 bridgehead atoms. The Morgan fingerprint density at radius 1 is 1.27 bits per heavy atom. The molecule has 2 N–H and O–H groups in total. The van der Waals surface area contributed by atoms with Crippen LogP contribution in [-0.2, 0) is 9.84 Å². The monoisotopic (exact) mass is 320 g/mol. The molecule has 0 radical (unpaired) electrons. The largest absolute Gasteiger partial charge is 0.496 e. The minimum absolute atomic E-state index is 0.139. The standard InChI is InChI=1S/C13H12N4O4S/c1-21-9-5-7(22(2,19)20)3-4-8(9)11-16-10-12(17-11)14-6-15-13(10)18/h3-6H,1-2H3,(H2,14,15,16,17,18). The van der Waals surface area contributed by atoms with Crippen LogP contribution in [-0.4, -0.2) is 41.7 Å². The van der Waals surface area contributed by atoms with E-state index < -0.39 is 9.84 Å². The van der Waals surface area contributed by atoms with Gasteiger partial charge in [-0.2, -0.15) is 0 Å². The fraction of sp³-hybridized carbons (Fsp3) is 0.154. The molecule has 114 valence electrons. The normalized spacial score (nSPS) is 11.7. The van der Waals surface area contributed by atoms with Crippen molar-refractivity contribution in [2.45, 2.75) is 4.90 Å². The Balaban J connectivity index is 2.22. The highest BCUT2D eigenvalue weighted by molar-refractivity contribution is 7.90. The fourth-order valence-electron chi connectivity index (χ4n) is 2.07. The first-order valence-corrected chi connectivity index (χ1v) is 8.11. The second kappa shape index (κ2) is 4.95. The van der Waals surface area contributed by atoms with Crippen LogP contribution in [0.4, 0.5) is 0 Å². The van der Waals surface area contributed by atoms with Crippen molar-refractivity contribution in [2.24, 2.45) is 0 Å². The third-order valence-electron chi connectivity index (χ3n) is 3.15. The van der Waals surface area contributed by atoms with Crippen molar-refractivity contribution in [1.29, 1.82) is 0 Å². The summed E-state index contributed by atoms with van der Waals surface area (Å²) in [4.78, 5) is 25.3. The molecular formula is C13H12N4O4S. The van der Waals surface area contributed by atoms with Crippen molar-refractivity contribution < 1.29 is 13.2 Å². The zero-order valence-electron chi connectivity index (χ0n) is 11.7. The van der Waals surface area contributed by atoms with Gasteiger partial charge in [0.2, 0.25) is 0 Å². The summed E-state index contributed by atoms with van der Waals surface area (Å²) in [6, 6.07) is 4.44. The average molecular weight is 320 g/mol. The summed E-state index contributed by atoms with van der Waals surface area (Å²) in [5.74, 6) is 0.703. The molecule has 0 aliphatic rings. The highest BCUT2D eigenvalue weighted by Crippen LogP contribution is 2.30. The SMILES string of the molecule is COc1cc(S(C)(=O)=O)ccc1-c1nc2nc[nH]c(=O)c2[nH]1. The van der Waals surface area contributed by atoms with Gasteiger partial charge in [0, 0.05) is 6.26 Å². The van der Waals surface area contributed by atoms with Crippen LogP contribution in [0.25, 0.3) is 22.6 Å². The molecule has 0 aliphatic carbocycles. The molecule has 0 saturated heterocycles. The Kier molecular flexibility index (Phi) is 3.21. The van der Waals surface area contributed by atoms with Crippen LogP contribution in [0.3, 0.4) is 0 Å². The minimum atomic E-state index is -3.34. The van der Waals surface area contributed by atoms with Crippen LogP contribution >= 0.6 is 0 Å². The molecular weight excluding hydrogens is 308 g/mol. The van der Waals surface area contributed by atoms with Gasteiger partial charge in [0.25, 0.3) is 5.56 Å². The van der Waals surface area contributed by atoms with E-state index in [1.807, 2.05) is 0 Å². The number of benzene rings is 1. The van der Waals surface area contributed by atoms with Gasteiger partial charge in [0.1, 0.15) is 11.6 Å². The van der Waals surface area contributed by atoms with Gasteiger partial charge in [0.15, 0.2) is 21.0 Å². The summed E-state index contributed by atoms with van der Waals surface area (Å²) in [6.07, 6.45) is 2.38. The van der Waals surface area contributed by atoms with Gasteiger partial charge in [-0.05, 0) is 18.2 Å². The summed E-state index contributed by atoms with van der Waals surface area (Å²) in [5.41, 5.74) is 0.711. The lowest BCUT2D eigenvalue weighted by atomic mass is 10.2. The van der Waals surface area contributed by atoms with E-state index in [9.17, 15) is 13.2 Å². The molecule has 3 rings (SSSR count). The molecule has 3 aromatic rings. The number of H-pyrrole nitrogens is 2. The summed E-state index contributed by atoms with van der Waals surface area (Å²) in [6.45, 7) is 0. The first-order valence-electron chi connectivity index (χ1n) is 6.22. The molecule has 22 heavy (non-hydrogen) atoms. The van der Waals surface area contributed by atoms with Gasteiger partial charge in [-0.25, -0.2) is 18.4 Å². The first kappa shape index (κ1) is 14.3. The van der Waals surface area contributed by atoms with Gasteiger partial charge in [-0.3, -0.25) is 4.79 Å². The van der Waals surface area contributed by atoms with E-state index in [0.29, 0.717) is 17.1 Å². The maximum atomic E-state index is 11.7. The second-order valence-electron chi connectivity index (χ2n) is 4.65. The molecule has 8 nitrogen and oxygen atoms in total. The van der Waals surface area contributed by atoms with Crippen molar-refractivity contribution in [3.05, 3.63) is 34.9 Å². The number of hydrogen-bond acceptors (Lipinski definition) is 6. The van der Waals surface area contributed by atoms with E-state index >= 15 is 0 Å². The van der Waals surface area contributed by atoms with Crippen molar-refractivity contribution >= 4 is 21.0 Å². The lowest BCUT2D eigenvalue weighted by Crippen LogP contribution is -2.05. The molecule has 0 atom stereocenters. The Labute approximate surface area is 125 Å². The van der Waals surface area contributed by atoms with Gasteiger partial charge in [-0.15, -0.1) is 0 Å². The molecule has 9 heteroatoms. The van der Waals surface area contributed by atoms with Crippen LogP contribution in [0.15, 0.2) is 34.2 Å². The van der Waals surface area contributed by atoms with Crippen molar-refractivity contribution in [1.82, 2.24) is 19.9 Å². The van der Waals surface area contributed by atoms with E-state index in [0.717, 1.165) is 6.26 Å². The molecule has 0 saturated carbocycles. The number of nitrogens with zero attached hydrogens (tertiary/aromatic N) is 2. The van der Waals surface area contributed by atoms with E-state index in [-0.39, 0.29) is 21.6 Å². The number of ether oxygens (including phenoxy) is 1. The number of hydrogen-bond donors (Lipinski definition) is 2. The van der Waals surface area contributed by atoms with E-state index in [2.05, 4.69) is 19.9 Å². The Morgan fingerprint density at radius 3 is 2.68 bits per heavy atom. The van der Waals surface area contributed by atoms with Crippen LogP contribution in [0.5, 0.6) is 5.75 Å². The minimum Gasteiger partial charge on any atom is -0.496 e. The lowest BCUT2D eigenvalue weighted by Gasteiger charge is -2.08. The number of rotatable bonds is 3. The number of aromatic amines is 2. The highest BCUT2D eigenvalue weighted by Gasteiger charge is 2.16. The van der Waals surface area contributed by atoms with E-state index in [1.54, 1.807) is 6.07 Å². The van der Waals surface area contributed by atoms with Crippen molar-refractivity contribution in [2.75, 3.05) is 13.4 Å². The molecule has 0 spiro atoms. The topological polar surface area (TPSA) is 118 Å². The average Bonchev–Trinajstić information content (AvgIpc) is 2.91. The molecule has 0 unspecified atom stereocenters. The summed E-state index contributed by atoms with van der Waals surface area (Å²) in [7, 11) is -1.91. The molecule has 0 aliphatic heterocycles. The smallest absolute Gasteiger partial charge is 0.276 e. The van der Waals surface area contributed by atoms with Crippen LogP contribution in [0.2, 0.25) is 0 Å². The second-order valence-corrected chi connectivity index (χ2v) is 6.67. The molecule has 0 amide bonds. The number of sulfone groups is 1. The maximum Gasteiger partial charge on any atom is 0.276 e. The Hall–Kier alpha value is -2.68. The quantitative estimate of drug-likeness (QED) is 0.734. The lowest BCUT2D eigenvalue weighted by molar-refractivity contribution is 0.415. The van der Waals surface area contributed by atoms with Gasteiger partial charge in [-0.1, -0.05) is 0 Å². The Bertz CT molecular complexity index is 1020. The number of imidazole rings is 1.